The number of amides is 1. The van der Waals surface area contributed by atoms with Gasteiger partial charge in [-0.3, -0.25) is 9.48 Å². The second-order valence-corrected chi connectivity index (χ2v) is 6.95. The highest BCUT2D eigenvalue weighted by Crippen LogP contribution is 2.22. The number of aromatic nitrogens is 5. The number of nitrogens with zero attached hydrogens (tertiary/aromatic N) is 6. The van der Waals surface area contributed by atoms with Crippen molar-refractivity contribution in [2.24, 2.45) is 7.05 Å². The van der Waals surface area contributed by atoms with Gasteiger partial charge in [0.05, 0.1) is 17.5 Å². The van der Waals surface area contributed by atoms with Gasteiger partial charge in [-0.25, -0.2) is 4.98 Å². The fourth-order valence-electron chi connectivity index (χ4n) is 3.48. The molecule has 0 bridgehead atoms. The van der Waals surface area contributed by atoms with Crippen molar-refractivity contribution < 1.29 is 4.79 Å². The lowest BCUT2D eigenvalue weighted by Gasteiger charge is -2.33. The Bertz CT molecular complexity index is 950. The number of carbonyl (C=O) groups excluding carboxylic acids is 1. The largest absolute Gasteiger partial charge is 0.356 e. The van der Waals surface area contributed by atoms with E-state index in [2.05, 4.69) is 31.5 Å². The molecule has 4 heterocycles. The lowest BCUT2D eigenvalue weighted by Crippen LogP contribution is -2.45. The Morgan fingerprint density at radius 2 is 1.96 bits per heavy atom. The van der Waals surface area contributed by atoms with Crippen LogP contribution >= 0.6 is 0 Å². The first-order valence-electron chi connectivity index (χ1n) is 8.88. The second-order valence-electron chi connectivity index (χ2n) is 6.95. The van der Waals surface area contributed by atoms with E-state index in [1.54, 1.807) is 17.1 Å². The van der Waals surface area contributed by atoms with Gasteiger partial charge in [-0.05, 0) is 26.7 Å². The van der Waals surface area contributed by atoms with E-state index >= 15 is 0 Å². The maximum Gasteiger partial charge on any atom is 0.254 e. The van der Waals surface area contributed by atoms with E-state index < -0.39 is 0 Å². The Morgan fingerprint density at radius 1 is 1.19 bits per heavy atom. The molecule has 1 aliphatic heterocycles. The van der Waals surface area contributed by atoms with Crippen LogP contribution < -0.4 is 10.2 Å². The second kappa shape index (κ2) is 6.44. The van der Waals surface area contributed by atoms with Gasteiger partial charge in [0.2, 0.25) is 0 Å². The molecule has 136 valence electrons. The maximum absolute atomic E-state index is 12.3. The van der Waals surface area contributed by atoms with Crippen LogP contribution in [0, 0.1) is 13.8 Å². The molecule has 1 aliphatic rings. The lowest BCUT2D eigenvalue weighted by molar-refractivity contribution is 0.0931. The molecule has 26 heavy (non-hydrogen) atoms. The van der Waals surface area contributed by atoms with Crippen LogP contribution in [0.15, 0.2) is 24.5 Å². The molecular formula is C18H23N7O. The van der Waals surface area contributed by atoms with Crippen LogP contribution in [0.1, 0.15) is 34.6 Å². The minimum atomic E-state index is -0.0543. The number of anilines is 1. The Hall–Kier alpha value is -2.90. The van der Waals surface area contributed by atoms with E-state index in [0.29, 0.717) is 5.56 Å². The Labute approximate surface area is 151 Å². The molecule has 0 atom stereocenters. The van der Waals surface area contributed by atoms with Gasteiger partial charge in [0, 0.05) is 50.2 Å². The predicted octanol–water partition coefficient (Wildman–Crippen LogP) is 1.48. The van der Waals surface area contributed by atoms with Crippen molar-refractivity contribution in [3.63, 3.8) is 0 Å². The molecule has 1 saturated heterocycles. The molecule has 0 aliphatic carbocycles. The number of piperidine rings is 1. The highest BCUT2D eigenvalue weighted by atomic mass is 16.1. The fourth-order valence-corrected chi connectivity index (χ4v) is 3.48. The van der Waals surface area contributed by atoms with Gasteiger partial charge in [-0.1, -0.05) is 0 Å². The zero-order valence-corrected chi connectivity index (χ0v) is 15.3. The molecular weight excluding hydrogens is 330 g/mol. The maximum atomic E-state index is 12.3. The van der Waals surface area contributed by atoms with Crippen molar-refractivity contribution in [2.45, 2.75) is 32.7 Å². The normalized spacial score (nSPS) is 15.6. The van der Waals surface area contributed by atoms with Gasteiger partial charge in [0.15, 0.2) is 5.65 Å². The molecule has 0 radical (unpaired) electrons. The van der Waals surface area contributed by atoms with Crippen LogP contribution in [0.2, 0.25) is 0 Å². The summed E-state index contributed by atoms with van der Waals surface area (Å²) in [5.74, 6) is 1.01. The molecule has 1 fully saturated rings. The number of carbonyl (C=O) groups is 1. The molecule has 4 rings (SSSR count). The van der Waals surface area contributed by atoms with Crippen LogP contribution in [0.5, 0.6) is 0 Å². The first kappa shape index (κ1) is 16.6. The number of rotatable bonds is 3. The topological polar surface area (TPSA) is 80.4 Å². The summed E-state index contributed by atoms with van der Waals surface area (Å²) in [6.07, 6.45) is 5.13. The van der Waals surface area contributed by atoms with E-state index in [1.165, 1.54) is 0 Å². The third kappa shape index (κ3) is 3.14. The van der Waals surface area contributed by atoms with Crippen molar-refractivity contribution in [1.29, 1.82) is 0 Å². The minimum Gasteiger partial charge on any atom is -0.356 e. The van der Waals surface area contributed by atoms with Gasteiger partial charge >= 0.3 is 0 Å². The minimum absolute atomic E-state index is 0.0543. The summed E-state index contributed by atoms with van der Waals surface area (Å²) in [6.45, 7) is 5.73. The number of fused-ring (bicyclic) bond motifs is 1. The Morgan fingerprint density at radius 3 is 2.65 bits per heavy atom. The Balaban J connectivity index is 1.45. The van der Waals surface area contributed by atoms with Gasteiger partial charge in [-0.2, -0.15) is 14.7 Å². The smallest absolute Gasteiger partial charge is 0.254 e. The number of aryl methyl sites for hydroxylation is 3. The standard InChI is InChI=1S/C18H23N7O/c1-12-9-17(25-16(20-12)8-13(2)22-25)24-6-4-15(5-7-24)21-18(26)14-10-19-23(3)11-14/h8-11,15H,4-7H2,1-3H3,(H,21,26). The average molecular weight is 353 g/mol. The van der Waals surface area contributed by atoms with Crippen LogP contribution in [-0.4, -0.2) is 49.4 Å². The third-order valence-corrected chi connectivity index (χ3v) is 4.78. The summed E-state index contributed by atoms with van der Waals surface area (Å²) in [5, 5.41) is 11.7. The molecule has 1 N–H and O–H groups in total. The molecule has 0 unspecified atom stereocenters. The van der Waals surface area contributed by atoms with Crippen LogP contribution in [-0.2, 0) is 7.05 Å². The SMILES string of the molecule is Cc1cc(N2CCC(NC(=O)c3cnn(C)c3)CC2)n2nc(C)cc2n1. The first-order chi connectivity index (χ1) is 12.5. The number of nitrogens with one attached hydrogen (secondary N) is 1. The van der Waals surface area contributed by atoms with Crippen LogP contribution in [0.25, 0.3) is 5.65 Å². The first-order valence-corrected chi connectivity index (χ1v) is 8.88. The van der Waals surface area contributed by atoms with Gasteiger partial charge < -0.3 is 10.2 Å². The van der Waals surface area contributed by atoms with Crippen molar-refractivity contribution in [1.82, 2.24) is 29.7 Å². The van der Waals surface area contributed by atoms with Gasteiger partial charge in [0.25, 0.3) is 5.91 Å². The van der Waals surface area contributed by atoms with E-state index in [4.69, 9.17) is 0 Å². The zero-order valence-electron chi connectivity index (χ0n) is 15.3. The molecule has 3 aromatic heterocycles. The average Bonchev–Trinajstić information content (AvgIpc) is 3.20. The molecule has 8 heteroatoms. The lowest BCUT2D eigenvalue weighted by atomic mass is 10.0. The zero-order chi connectivity index (χ0) is 18.3. The summed E-state index contributed by atoms with van der Waals surface area (Å²) in [4.78, 5) is 19.2. The van der Waals surface area contributed by atoms with Gasteiger partial charge in [0.1, 0.15) is 5.82 Å². The van der Waals surface area contributed by atoms with Crippen molar-refractivity contribution >= 4 is 17.4 Å². The highest BCUT2D eigenvalue weighted by Gasteiger charge is 2.23. The van der Waals surface area contributed by atoms with E-state index in [1.807, 2.05) is 31.5 Å². The summed E-state index contributed by atoms with van der Waals surface area (Å²) < 4.78 is 3.55. The van der Waals surface area contributed by atoms with Crippen molar-refractivity contribution in [2.75, 3.05) is 18.0 Å². The molecule has 0 spiro atoms. The summed E-state index contributed by atoms with van der Waals surface area (Å²) in [5.41, 5.74) is 3.43. The van der Waals surface area contributed by atoms with Crippen molar-refractivity contribution in [3.05, 3.63) is 41.5 Å². The van der Waals surface area contributed by atoms with Crippen LogP contribution in [0.3, 0.4) is 0 Å². The number of hydrogen-bond donors (Lipinski definition) is 1. The summed E-state index contributed by atoms with van der Waals surface area (Å²) >= 11 is 0. The monoisotopic (exact) mass is 353 g/mol. The highest BCUT2D eigenvalue weighted by molar-refractivity contribution is 5.93. The third-order valence-electron chi connectivity index (χ3n) is 4.78. The molecule has 3 aromatic rings. The fraction of sp³-hybridized carbons (Fsp3) is 0.444. The van der Waals surface area contributed by atoms with E-state index in [9.17, 15) is 4.79 Å². The molecule has 0 saturated carbocycles. The van der Waals surface area contributed by atoms with Gasteiger partial charge in [-0.15, -0.1) is 0 Å². The quantitative estimate of drug-likeness (QED) is 0.771. The Kier molecular flexibility index (Phi) is 4.10. The molecule has 1 amide bonds. The van der Waals surface area contributed by atoms with Crippen LogP contribution in [0.4, 0.5) is 5.82 Å². The van der Waals surface area contributed by atoms with E-state index in [-0.39, 0.29) is 11.9 Å². The molecule has 8 nitrogen and oxygen atoms in total. The predicted molar refractivity (Wildman–Crippen MR) is 98.4 cm³/mol. The summed E-state index contributed by atoms with van der Waals surface area (Å²) in [6, 6.07) is 4.25. The number of hydrogen-bond acceptors (Lipinski definition) is 5. The van der Waals surface area contributed by atoms with E-state index in [0.717, 1.165) is 48.8 Å². The van der Waals surface area contributed by atoms with Crippen molar-refractivity contribution in [3.8, 4) is 0 Å². The molecule has 0 aromatic carbocycles. The summed E-state index contributed by atoms with van der Waals surface area (Å²) in [7, 11) is 1.81.